The number of unbranched alkanes of at least 4 members (excludes halogenated alkanes) is 1. The number of ketones is 1. The Hall–Kier alpha value is -6.25. The smallest absolute Gasteiger partial charge is 0.251 e. The number of carbonyl (C=O) groups is 7. The van der Waals surface area contributed by atoms with Crippen molar-refractivity contribution in [2.45, 2.75) is 102 Å². The number of aliphatic hydroxyl groups excluding tert-OH is 1. The largest absolute Gasteiger partial charge is 0.394 e. The van der Waals surface area contributed by atoms with Crippen LogP contribution in [0.1, 0.15) is 97.0 Å². The van der Waals surface area contributed by atoms with Gasteiger partial charge in [0.05, 0.1) is 22.9 Å². The monoisotopic (exact) mass is 889 g/mol. The first kappa shape index (κ1) is 49.4. The lowest BCUT2D eigenvalue weighted by molar-refractivity contribution is -0.134. The number of benzene rings is 2. The van der Waals surface area contributed by atoms with Gasteiger partial charge < -0.3 is 54.6 Å². The van der Waals surface area contributed by atoms with Crippen LogP contribution in [0, 0.1) is 5.92 Å². The molecule has 5 atom stereocenters. The van der Waals surface area contributed by atoms with Gasteiger partial charge >= 0.3 is 0 Å². The molecule has 6 amide bonds. The fourth-order valence-electron chi connectivity index (χ4n) is 7.05. The molecule has 0 bridgehead atoms. The number of hydrogen-bond acceptors (Lipinski definition) is 12. The first-order valence-electron chi connectivity index (χ1n) is 20.9. The first-order valence-corrected chi connectivity index (χ1v) is 21.7. The maximum atomic E-state index is 14.2. The van der Waals surface area contributed by atoms with Crippen LogP contribution in [0.25, 0.3) is 15.8 Å². The number of aliphatic imine (C=N–C) groups is 1. The fourth-order valence-corrected chi connectivity index (χ4v) is 8.05. The Balaban J connectivity index is 1.53. The van der Waals surface area contributed by atoms with Gasteiger partial charge in [0.15, 0.2) is 11.0 Å². The van der Waals surface area contributed by atoms with E-state index in [-0.39, 0.29) is 61.1 Å². The van der Waals surface area contributed by atoms with Crippen molar-refractivity contribution in [3.63, 3.8) is 0 Å². The van der Waals surface area contributed by atoms with E-state index < -0.39 is 78.0 Å². The second kappa shape index (κ2) is 23.8. The van der Waals surface area contributed by atoms with Gasteiger partial charge in [-0.2, -0.15) is 0 Å². The third-order valence-corrected chi connectivity index (χ3v) is 11.3. The second-order valence-corrected chi connectivity index (χ2v) is 16.8. The standard InChI is InChI=1S/C43H59N11O8S/c1-23(2)19-33(53-39(60)31(11-6-7-17-44)51-41(62)34(22-55)49-24(3)56)40(61)50-30(12-8-18-48-43(46)47)36(57)42-54-29-16-15-27(21-35(29)63-42)38(59)52-32(37(45)58)20-26-14-13-25-9-4-5-10-28(25)26/h4-5,9-10,14-16,21,23,30-34,55H,6-8,11-13,17-20,22,44H2,1-3H3,(H2,45,58)(H,49,56)(H,50,61)(H,51,62)(H,52,59)(H,53,60)(H4,46,47,48)/t30-,31-,32-,33-,34-/m0/s1. The molecule has 0 saturated carbocycles. The number of nitrogens with one attached hydrogen (secondary N) is 5. The molecule has 63 heavy (non-hydrogen) atoms. The number of carbonyl (C=O) groups excluding carboxylic acids is 7. The molecule has 4 rings (SSSR count). The summed E-state index contributed by atoms with van der Waals surface area (Å²) in [6, 6.07) is 6.76. The molecule has 1 aromatic heterocycles. The van der Waals surface area contributed by atoms with E-state index >= 15 is 0 Å². The SMILES string of the molecule is CC(=O)N[C@@H](CO)C(=O)N[C@@H](CCCCN)C(=O)N[C@@H](CC(C)C)C(=O)N[C@@H](CCCN=C(N)N)C(=O)c1nc2ccc(C(=O)N[C@@H](CC3=CCc4ccccc43)C(N)=O)cc2s1. The summed E-state index contributed by atoms with van der Waals surface area (Å²) in [6.07, 6.45) is 4.62. The molecular weight excluding hydrogens is 831 g/mol. The Labute approximate surface area is 369 Å². The van der Waals surface area contributed by atoms with Gasteiger partial charge in [-0.3, -0.25) is 38.6 Å². The molecular formula is C43H59N11O8S. The number of rotatable bonds is 25. The predicted octanol–water partition coefficient (Wildman–Crippen LogP) is 0.273. The number of thiazole rings is 1. The number of allylic oxidation sites excluding steroid dienone is 1. The van der Waals surface area contributed by atoms with Gasteiger partial charge in [-0.05, 0) is 92.3 Å². The second-order valence-electron chi connectivity index (χ2n) is 15.8. The minimum atomic E-state index is -1.31. The molecule has 0 aliphatic heterocycles. The van der Waals surface area contributed by atoms with E-state index in [1.165, 1.54) is 13.0 Å². The van der Waals surface area contributed by atoms with Crippen molar-refractivity contribution in [1.82, 2.24) is 31.6 Å². The maximum Gasteiger partial charge on any atom is 0.251 e. The molecule has 3 aromatic rings. The summed E-state index contributed by atoms with van der Waals surface area (Å²) >= 11 is 1.01. The number of nitrogens with two attached hydrogens (primary N) is 4. The van der Waals surface area contributed by atoms with Gasteiger partial charge in [0, 0.05) is 25.5 Å². The highest BCUT2D eigenvalue weighted by Gasteiger charge is 2.33. The Morgan fingerprint density at radius 2 is 1.48 bits per heavy atom. The summed E-state index contributed by atoms with van der Waals surface area (Å²) in [5, 5.41) is 22.9. The van der Waals surface area contributed by atoms with Gasteiger partial charge in [0.1, 0.15) is 24.2 Å². The van der Waals surface area contributed by atoms with Crippen LogP contribution in [0.2, 0.25) is 0 Å². The lowest BCUT2D eigenvalue weighted by Gasteiger charge is -2.27. The summed E-state index contributed by atoms with van der Waals surface area (Å²) in [5.74, 6) is -4.73. The molecule has 0 unspecified atom stereocenters. The number of primary amides is 1. The zero-order valence-electron chi connectivity index (χ0n) is 35.8. The highest BCUT2D eigenvalue weighted by molar-refractivity contribution is 7.20. The molecule has 1 aliphatic rings. The average Bonchev–Trinajstić information content (AvgIpc) is 3.86. The summed E-state index contributed by atoms with van der Waals surface area (Å²) in [4.78, 5) is 101. The molecule has 20 heteroatoms. The van der Waals surface area contributed by atoms with Crippen molar-refractivity contribution < 1.29 is 38.7 Å². The molecule has 0 spiro atoms. The number of aliphatic hydroxyl groups is 1. The third-order valence-electron chi connectivity index (χ3n) is 10.2. The Kier molecular flexibility index (Phi) is 18.7. The number of Topliss-reactive ketones (excluding diaryl/α,β-unsaturated/α-hetero) is 1. The number of amides is 6. The molecule has 1 heterocycles. The maximum absolute atomic E-state index is 14.2. The molecule has 1 aliphatic carbocycles. The Morgan fingerprint density at radius 1 is 0.810 bits per heavy atom. The van der Waals surface area contributed by atoms with Gasteiger partial charge in [0.2, 0.25) is 35.3 Å². The molecule has 0 fully saturated rings. The number of aromatic nitrogens is 1. The minimum Gasteiger partial charge on any atom is -0.394 e. The summed E-state index contributed by atoms with van der Waals surface area (Å²) in [7, 11) is 0. The highest BCUT2D eigenvalue weighted by Crippen LogP contribution is 2.31. The van der Waals surface area contributed by atoms with Crippen LogP contribution >= 0.6 is 11.3 Å². The summed E-state index contributed by atoms with van der Waals surface area (Å²) < 4.78 is 0.495. The quantitative estimate of drug-likeness (QED) is 0.0237. The van der Waals surface area contributed by atoms with Crippen molar-refractivity contribution in [3.8, 4) is 0 Å². The number of guanidine groups is 1. The lowest BCUT2D eigenvalue weighted by atomic mass is 9.99. The molecule has 2 aromatic carbocycles. The van der Waals surface area contributed by atoms with E-state index in [2.05, 4.69) is 36.6 Å². The van der Waals surface area contributed by atoms with Crippen molar-refractivity contribution in [2.75, 3.05) is 19.7 Å². The number of nitrogens with zero attached hydrogens (tertiary/aromatic N) is 2. The van der Waals surface area contributed by atoms with E-state index in [4.69, 9.17) is 22.9 Å². The molecule has 0 radical (unpaired) electrons. The van der Waals surface area contributed by atoms with Crippen LogP contribution in [-0.2, 0) is 30.4 Å². The van der Waals surface area contributed by atoms with Gasteiger partial charge in [-0.15, -0.1) is 11.3 Å². The summed E-state index contributed by atoms with van der Waals surface area (Å²) in [6.45, 7) is 4.65. The predicted molar refractivity (Wildman–Crippen MR) is 240 cm³/mol. The molecule has 14 N–H and O–H groups in total. The Morgan fingerprint density at radius 3 is 2.14 bits per heavy atom. The zero-order valence-corrected chi connectivity index (χ0v) is 36.6. The molecule has 340 valence electrons. The number of fused-ring (bicyclic) bond motifs is 2. The van der Waals surface area contributed by atoms with Crippen LogP contribution in [0.15, 0.2) is 53.5 Å². The Bertz CT molecular complexity index is 2200. The van der Waals surface area contributed by atoms with Crippen molar-refractivity contribution >= 4 is 74.3 Å². The van der Waals surface area contributed by atoms with Crippen molar-refractivity contribution in [2.24, 2.45) is 33.8 Å². The van der Waals surface area contributed by atoms with E-state index in [9.17, 15) is 38.7 Å². The van der Waals surface area contributed by atoms with Crippen molar-refractivity contribution in [1.29, 1.82) is 0 Å². The first-order chi connectivity index (χ1) is 30.0. The van der Waals surface area contributed by atoms with E-state index in [1.54, 1.807) is 12.1 Å². The van der Waals surface area contributed by atoms with Crippen LogP contribution in [0.5, 0.6) is 0 Å². The van der Waals surface area contributed by atoms with Crippen LogP contribution in [0.3, 0.4) is 0 Å². The molecule has 19 nitrogen and oxygen atoms in total. The van der Waals surface area contributed by atoms with Gasteiger partial charge in [-0.1, -0.05) is 44.2 Å². The van der Waals surface area contributed by atoms with E-state index in [0.717, 1.165) is 34.5 Å². The lowest BCUT2D eigenvalue weighted by Crippen LogP contribution is -2.58. The highest BCUT2D eigenvalue weighted by atomic mass is 32.1. The third kappa shape index (κ3) is 14.7. The van der Waals surface area contributed by atoms with Crippen LogP contribution in [-0.4, -0.2) is 107 Å². The van der Waals surface area contributed by atoms with Gasteiger partial charge in [0.25, 0.3) is 5.91 Å². The fraction of sp³-hybridized carbons (Fsp3) is 0.465. The molecule has 0 saturated heterocycles. The van der Waals surface area contributed by atoms with Crippen molar-refractivity contribution in [3.05, 3.63) is 70.2 Å². The van der Waals surface area contributed by atoms with Gasteiger partial charge in [-0.25, -0.2) is 4.98 Å². The minimum absolute atomic E-state index is 0.0429. The number of hydrogen-bond donors (Lipinski definition) is 10. The van der Waals surface area contributed by atoms with E-state index in [1.807, 2.05) is 44.2 Å². The topological polar surface area (TPSA) is 329 Å². The average molecular weight is 890 g/mol. The summed E-state index contributed by atoms with van der Waals surface area (Å²) in [5.41, 5.74) is 26.1. The zero-order chi connectivity index (χ0) is 46.2. The normalized spacial score (nSPS) is 14.3. The van der Waals surface area contributed by atoms with Crippen LogP contribution < -0.4 is 49.5 Å². The van der Waals surface area contributed by atoms with E-state index in [0.29, 0.717) is 29.6 Å². The van der Waals surface area contributed by atoms with Crippen LogP contribution in [0.4, 0.5) is 0 Å².